The molecule has 3 saturated heterocycles. The van der Waals surface area contributed by atoms with Gasteiger partial charge in [-0.1, -0.05) is 36.5 Å². The SMILES string of the molecule is COCCN1CCC(c2ccc(C(=O)N[C@H](C(=O)N3C[C@@H](N=[N+]=[N-])[C@H]4OCC(=O)[C@H]43)C3CCCCC3)cc2)CC1. The number of carbonyl (C=O) groups excluding carboxylic acids is 3. The van der Waals surface area contributed by atoms with E-state index < -0.39 is 24.2 Å². The second-order valence-electron chi connectivity index (χ2n) is 11.5. The molecule has 0 unspecified atom stereocenters. The monoisotopic (exact) mass is 552 g/mol. The summed E-state index contributed by atoms with van der Waals surface area (Å²) < 4.78 is 10.8. The van der Waals surface area contributed by atoms with Crippen molar-refractivity contribution in [3.05, 3.63) is 45.8 Å². The number of fused-ring (bicyclic) bond motifs is 1. The Morgan fingerprint density at radius 3 is 2.55 bits per heavy atom. The highest BCUT2D eigenvalue weighted by molar-refractivity contribution is 5.99. The second-order valence-corrected chi connectivity index (χ2v) is 11.5. The Morgan fingerprint density at radius 1 is 1.15 bits per heavy atom. The topological polar surface area (TPSA) is 137 Å². The molecule has 1 aromatic carbocycles. The number of methoxy groups -OCH3 is 1. The molecule has 2 amide bonds. The summed E-state index contributed by atoms with van der Waals surface area (Å²) in [5, 5.41) is 6.83. The zero-order valence-corrected chi connectivity index (χ0v) is 23.2. The van der Waals surface area contributed by atoms with Crippen molar-refractivity contribution in [1.29, 1.82) is 0 Å². The minimum Gasteiger partial charge on any atom is -0.383 e. The molecule has 11 heteroatoms. The molecule has 3 heterocycles. The number of likely N-dealkylation sites (tertiary alicyclic amines) is 2. The van der Waals surface area contributed by atoms with Crippen molar-refractivity contribution in [2.45, 2.75) is 75.1 Å². The third-order valence-corrected chi connectivity index (χ3v) is 9.16. The summed E-state index contributed by atoms with van der Waals surface area (Å²) in [7, 11) is 1.73. The van der Waals surface area contributed by atoms with Crippen LogP contribution < -0.4 is 5.32 Å². The van der Waals surface area contributed by atoms with E-state index >= 15 is 0 Å². The lowest BCUT2D eigenvalue weighted by atomic mass is 9.83. The molecule has 3 aliphatic heterocycles. The van der Waals surface area contributed by atoms with Gasteiger partial charge < -0.3 is 24.6 Å². The number of benzene rings is 1. The number of Topliss-reactive ketones (excluding diaryl/α,β-unsaturated/α-hetero) is 1. The van der Waals surface area contributed by atoms with E-state index in [4.69, 9.17) is 15.0 Å². The Balaban J connectivity index is 1.27. The van der Waals surface area contributed by atoms with Gasteiger partial charge in [0.15, 0.2) is 5.78 Å². The summed E-state index contributed by atoms with van der Waals surface area (Å²) in [6, 6.07) is 5.63. The van der Waals surface area contributed by atoms with Gasteiger partial charge in [0.25, 0.3) is 5.91 Å². The zero-order valence-electron chi connectivity index (χ0n) is 23.2. The van der Waals surface area contributed by atoms with E-state index in [1.807, 2.05) is 24.3 Å². The molecule has 5 rings (SSSR count). The van der Waals surface area contributed by atoms with Gasteiger partial charge in [0.05, 0.1) is 18.8 Å². The summed E-state index contributed by atoms with van der Waals surface area (Å²) in [6.07, 6.45) is 6.30. The summed E-state index contributed by atoms with van der Waals surface area (Å²) in [5.41, 5.74) is 10.7. The number of carbonyl (C=O) groups is 3. The van der Waals surface area contributed by atoms with Gasteiger partial charge >= 0.3 is 0 Å². The highest BCUT2D eigenvalue weighted by atomic mass is 16.5. The highest BCUT2D eigenvalue weighted by Crippen LogP contribution is 2.34. The van der Waals surface area contributed by atoms with Crippen molar-refractivity contribution in [1.82, 2.24) is 15.1 Å². The van der Waals surface area contributed by atoms with Gasteiger partial charge in [-0.05, 0) is 73.8 Å². The van der Waals surface area contributed by atoms with Crippen molar-refractivity contribution >= 4 is 17.6 Å². The third-order valence-electron chi connectivity index (χ3n) is 9.16. The van der Waals surface area contributed by atoms with Crippen LogP contribution in [0.1, 0.15) is 66.8 Å². The summed E-state index contributed by atoms with van der Waals surface area (Å²) in [6.45, 7) is 3.78. The lowest BCUT2D eigenvalue weighted by Gasteiger charge is -2.34. The average molecular weight is 553 g/mol. The van der Waals surface area contributed by atoms with Crippen molar-refractivity contribution in [3.8, 4) is 0 Å². The van der Waals surface area contributed by atoms with E-state index in [0.29, 0.717) is 11.5 Å². The fourth-order valence-corrected chi connectivity index (χ4v) is 6.89. The molecule has 0 bridgehead atoms. The number of nitrogens with zero attached hydrogens (tertiary/aromatic N) is 5. The number of hydrogen-bond acceptors (Lipinski definition) is 7. The van der Waals surface area contributed by atoms with Crippen molar-refractivity contribution < 1.29 is 23.9 Å². The number of amides is 2. The number of nitrogens with one attached hydrogen (secondary N) is 1. The Kier molecular flexibility index (Phi) is 9.36. The number of hydrogen-bond donors (Lipinski definition) is 1. The minimum atomic E-state index is -0.772. The summed E-state index contributed by atoms with van der Waals surface area (Å²) >= 11 is 0. The Hall–Kier alpha value is -2.98. The Morgan fingerprint density at radius 2 is 1.88 bits per heavy atom. The standard InChI is InChI=1S/C29H40N6O5/c1-39-16-15-34-13-11-20(12-14-34)19-7-9-22(10-8-19)28(37)31-25(21-5-3-2-4-6-21)29(38)35-17-23(32-33-30)27-26(35)24(36)18-40-27/h7-10,20-21,23,25-27H,2-6,11-18H2,1H3,(H,31,37)/t23-,25+,26-,27-/m1/s1. The first-order valence-electron chi connectivity index (χ1n) is 14.6. The largest absolute Gasteiger partial charge is 0.383 e. The molecule has 1 aromatic rings. The van der Waals surface area contributed by atoms with Gasteiger partial charge in [-0.15, -0.1) is 0 Å². The number of ether oxygens (including phenoxy) is 2. The van der Waals surface area contributed by atoms with E-state index in [-0.39, 0.29) is 36.7 Å². The smallest absolute Gasteiger partial charge is 0.251 e. The first-order valence-corrected chi connectivity index (χ1v) is 14.6. The zero-order chi connectivity index (χ0) is 28.1. The fourth-order valence-electron chi connectivity index (χ4n) is 6.89. The number of rotatable bonds is 9. The van der Waals surface area contributed by atoms with Gasteiger partial charge in [0.1, 0.15) is 18.7 Å². The van der Waals surface area contributed by atoms with Crippen LogP contribution >= 0.6 is 0 Å². The molecule has 4 aliphatic rings. The number of azide groups is 1. The van der Waals surface area contributed by atoms with E-state index in [9.17, 15) is 14.4 Å². The van der Waals surface area contributed by atoms with Crippen LogP contribution in [-0.4, -0.2) is 98.1 Å². The predicted molar refractivity (Wildman–Crippen MR) is 148 cm³/mol. The van der Waals surface area contributed by atoms with Gasteiger partial charge in [-0.3, -0.25) is 14.4 Å². The molecule has 0 aromatic heterocycles. The maximum absolute atomic E-state index is 14.0. The van der Waals surface area contributed by atoms with Gasteiger partial charge in [-0.25, -0.2) is 0 Å². The van der Waals surface area contributed by atoms with E-state index in [2.05, 4.69) is 20.2 Å². The van der Waals surface area contributed by atoms with E-state index in [0.717, 1.165) is 71.2 Å². The van der Waals surface area contributed by atoms with Crippen LogP contribution in [0.5, 0.6) is 0 Å². The first kappa shape index (κ1) is 28.5. The van der Waals surface area contributed by atoms with Gasteiger partial charge in [-0.2, -0.15) is 0 Å². The normalized spacial score (nSPS) is 26.8. The van der Waals surface area contributed by atoms with Crippen molar-refractivity contribution in [3.63, 3.8) is 0 Å². The lowest BCUT2D eigenvalue weighted by Crippen LogP contribution is -2.55. The third kappa shape index (κ3) is 6.17. The maximum Gasteiger partial charge on any atom is 0.251 e. The first-order chi connectivity index (χ1) is 19.5. The molecule has 11 nitrogen and oxygen atoms in total. The highest BCUT2D eigenvalue weighted by Gasteiger charge is 2.53. The molecule has 4 fully saturated rings. The fraction of sp³-hybridized carbons (Fsp3) is 0.690. The molecular formula is C29H40N6O5. The summed E-state index contributed by atoms with van der Waals surface area (Å²) in [5.74, 6) is -0.321. The predicted octanol–water partition coefficient (Wildman–Crippen LogP) is 3.05. The second kappa shape index (κ2) is 13.1. The van der Waals surface area contributed by atoms with Crippen LogP contribution in [0.3, 0.4) is 0 Å². The molecule has 40 heavy (non-hydrogen) atoms. The van der Waals surface area contributed by atoms with Crippen LogP contribution in [0.25, 0.3) is 10.4 Å². The van der Waals surface area contributed by atoms with Crippen LogP contribution in [0, 0.1) is 5.92 Å². The summed E-state index contributed by atoms with van der Waals surface area (Å²) in [4.78, 5) is 46.9. The number of ketones is 1. The Bertz CT molecular complexity index is 1110. The molecule has 1 aliphatic carbocycles. The molecule has 0 spiro atoms. The lowest BCUT2D eigenvalue weighted by molar-refractivity contribution is -0.139. The van der Waals surface area contributed by atoms with Crippen LogP contribution in [-0.2, 0) is 19.1 Å². The molecule has 4 atom stereocenters. The van der Waals surface area contributed by atoms with E-state index in [1.54, 1.807) is 7.11 Å². The van der Waals surface area contributed by atoms with Crippen LogP contribution in [0.2, 0.25) is 0 Å². The van der Waals surface area contributed by atoms with Crippen LogP contribution in [0.4, 0.5) is 0 Å². The van der Waals surface area contributed by atoms with Gasteiger partial charge in [0.2, 0.25) is 5.91 Å². The quantitative estimate of drug-likeness (QED) is 0.284. The molecule has 1 N–H and O–H groups in total. The number of piperidine rings is 1. The minimum absolute atomic E-state index is 0.0119. The Labute approximate surface area is 235 Å². The average Bonchev–Trinajstić information content (AvgIpc) is 3.56. The van der Waals surface area contributed by atoms with E-state index in [1.165, 1.54) is 10.5 Å². The van der Waals surface area contributed by atoms with Crippen molar-refractivity contribution in [2.75, 3.05) is 46.5 Å². The molecule has 216 valence electrons. The van der Waals surface area contributed by atoms with Gasteiger partial charge in [0, 0.05) is 30.7 Å². The molecule has 0 radical (unpaired) electrons. The molecular weight excluding hydrogens is 512 g/mol. The maximum atomic E-state index is 14.0. The molecule has 1 saturated carbocycles. The van der Waals surface area contributed by atoms with Crippen molar-refractivity contribution in [2.24, 2.45) is 11.0 Å². The van der Waals surface area contributed by atoms with Crippen LogP contribution in [0.15, 0.2) is 29.4 Å².